The highest BCUT2D eigenvalue weighted by Crippen LogP contribution is 2.45. The first-order valence-corrected chi connectivity index (χ1v) is 13.0. The molecule has 0 saturated heterocycles. The molecule has 1 heterocycles. The summed E-state index contributed by atoms with van der Waals surface area (Å²) >= 11 is 5.10. The van der Waals surface area contributed by atoms with Crippen molar-refractivity contribution < 1.29 is 17.6 Å². The summed E-state index contributed by atoms with van der Waals surface area (Å²) in [6.45, 7) is 11.1. The Morgan fingerprint density at radius 1 is 1.24 bits per heavy atom. The van der Waals surface area contributed by atoms with Crippen molar-refractivity contribution in [2.45, 2.75) is 70.1 Å². The molecule has 158 valence electrons. The van der Waals surface area contributed by atoms with Gasteiger partial charge in [0, 0.05) is 17.2 Å². The summed E-state index contributed by atoms with van der Waals surface area (Å²) in [7, 11) is -1.97. The fourth-order valence-corrected chi connectivity index (χ4v) is 4.04. The highest BCUT2D eigenvalue weighted by molar-refractivity contribution is 7.80. The van der Waals surface area contributed by atoms with E-state index < -0.39 is 20.0 Å². The van der Waals surface area contributed by atoms with E-state index in [9.17, 15) is 13.2 Å². The molecule has 0 radical (unpaired) electrons. The summed E-state index contributed by atoms with van der Waals surface area (Å²) < 4.78 is 48.8. The summed E-state index contributed by atoms with van der Waals surface area (Å²) in [6, 6.07) is 4.86. The predicted molar refractivity (Wildman–Crippen MR) is 116 cm³/mol. The number of rotatable bonds is 3. The van der Waals surface area contributed by atoms with Gasteiger partial charge in [-0.05, 0) is 54.8 Å². The molecule has 29 heavy (non-hydrogen) atoms. The first-order chi connectivity index (χ1) is 13.3. The summed E-state index contributed by atoms with van der Waals surface area (Å²) in [4.78, 5) is 0. The molecule has 1 aliphatic carbocycles. The van der Waals surface area contributed by atoms with Crippen LogP contribution in [-0.4, -0.2) is 19.6 Å². The minimum Gasteiger partial charge on any atom is -0.413 e. The summed E-state index contributed by atoms with van der Waals surface area (Å²) in [6.07, 6.45) is -2.92. The Kier molecular flexibility index (Phi) is 5.56. The fraction of sp³-hybridized carbons (Fsp3) is 0.571. The minimum absolute atomic E-state index is 0.0418. The van der Waals surface area contributed by atoms with Gasteiger partial charge in [-0.3, -0.25) is 0 Å². The van der Waals surface area contributed by atoms with Crippen molar-refractivity contribution in [3.63, 3.8) is 0 Å². The Morgan fingerprint density at radius 3 is 2.45 bits per heavy atom. The van der Waals surface area contributed by atoms with E-state index in [0.29, 0.717) is 12.3 Å². The highest BCUT2D eigenvalue weighted by Gasteiger charge is 2.58. The van der Waals surface area contributed by atoms with E-state index in [0.717, 1.165) is 18.4 Å². The van der Waals surface area contributed by atoms with Gasteiger partial charge in [0.25, 0.3) is 0 Å². The molecular formula is C21H27F3N2OSSi. The van der Waals surface area contributed by atoms with Crippen LogP contribution in [0, 0.1) is 17.8 Å². The van der Waals surface area contributed by atoms with Gasteiger partial charge in [-0.1, -0.05) is 44.7 Å². The van der Waals surface area contributed by atoms with Crippen LogP contribution < -0.4 is 10.6 Å². The number of anilines is 1. The molecule has 1 aromatic carbocycles. The van der Waals surface area contributed by atoms with E-state index in [2.05, 4.69) is 56.3 Å². The van der Waals surface area contributed by atoms with Gasteiger partial charge < -0.3 is 15.1 Å². The van der Waals surface area contributed by atoms with Crippen LogP contribution in [0.1, 0.15) is 44.7 Å². The zero-order chi connectivity index (χ0) is 21.7. The molecule has 1 aromatic rings. The third kappa shape index (κ3) is 4.47. The molecule has 0 amide bonds. The minimum atomic E-state index is -4.62. The van der Waals surface area contributed by atoms with Crippen LogP contribution in [0.2, 0.25) is 18.1 Å². The van der Waals surface area contributed by atoms with E-state index in [4.69, 9.17) is 16.6 Å². The topological polar surface area (TPSA) is 33.3 Å². The third-order valence-electron chi connectivity index (χ3n) is 5.91. The van der Waals surface area contributed by atoms with Gasteiger partial charge in [0.05, 0.1) is 6.61 Å². The molecule has 0 spiro atoms. The molecule has 2 aliphatic rings. The van der Waals surface area contributed by atoms with Gasteiger partial charge in [0.1, 0.15) is 0 Å². The van der Waals surface area contributed by atoms with Crippen molar-refractivity contribution in [3.05, 3.63) is 29.3 Å². The van der Waals surface area contributed by atoms with Crippen molar-refractivity contribution in [1.29, 1.82) is 0 Å². The molecule has 1 atom stereocenters. The molecule has 2 N–H and O–H groups in total. The van der Waals surface area contributed by atoms with Crippen LogP contribution in [-0.2, 0) is 16.6 Å². The average molecular weight is 441 g/mol. The Balaban J connectivity index is 1.96. The Labute approximate surface area is 176 Å². The predicted octanol–water partition coefficient (Wildman–Crippen LogP) is 5.68. The van der Waals surface area contributed by atoms with Crippen molar-refractivity contribution in [2.75, 3.05) is 5.32 Å². The van der Waals surface area contributed by atoms with Gasteiger partial charge in [-0.15, -0.1) is 0 Å². The lowest BCUT2D eigenvalue weighted by atomic mass is 9.86. The van der Waals surface area contributed by atoms with Crippen LogP contribution in [0.25, 0.3) is 0 Å². The first-order valence-electron chi connectivity index (χ1n) is 9.71. The van der Waals surface area contributed by atoms with E-state index in [-0.39, 0.29) is 21.6 Å². The molecule has 8 heteroatoms. The molecule has 1 aliphatic heterocycles. The van der Waals surface area contributed by atoms with Gasteiger partial charge in [-0.25, -0.2) is 0 Å². The van der Waals surface area contributed by atoms with E-state index in [1.807, 2.05) is 0 Å². The van der Waals surface area contributed by atoms with Crippen LogP contribution in [0.15, 0.2) is 18.2 Å². The van der Waals surface area contributed by atoms with Gasteiger partial charge in [0.15, 0.2) is 13.4 Å². The summed E-state index contributed by atoms with van der Waals surface area (Å²) in [5, 5.41) is 5.24. The summed E-state index contributed by atoms with van der Waals surface area (Å²) in [5.74, 6) is 5.30. The van der Waals surface area contributed by atoms with Crippen molar-refractivity contribution >= 4 is 31.3 Å². The number of fused-ring (bicyclic) bond motifs is 1. The number of nitrogens with one attached hydrogen (secondary N) is 2. The summed E-state index contributed by atoms with van der Waals surface area (Å²) in [5.41, 5.74) is -1.32. The Hall–Kier alpha value is -1.56. The second kappa shape index (κ2) is 7.29. The van der Waals surface area contributed by atoms with Crippen LogP contribution in [0.5, 0.6) is 0 Å². The number of halogens is 3. The van der Waals surface area contributed by atoms with Gasteiger partial charge in [-0.2, -0.15) is 13.2 Å². The molecular weight excluding hydrogens is 413 g/mol. The van der Waals surface area contributed by atoms with E-state index >= 15 is 0 Å². The maximum absolute atomic E-state index is 14.2. The fourth-order valence-electron chi connectivity index (χ4n) is 2.81. The maximum Gasteiger partial charge on any atom is 0.427 e. The maximum atomic E-state index is 14.2. The lowest BCUT2D eigenvalue weighted by molar-refractivity contribution is -0.177. The van der Waals surface area contributed by atoms with Crippen LogP contribution in [0.3, 0.4) is 0 Å². The first kappa shape index (κ1) is 22.1. The molecule has 3 nitrogen and oxygen atoms in total. The zero-order valence-corrected chi connectivity index (χ0v) is 19.2. The molecule has 1 saturated carbocycles. The lowest BCUT2D eigenvalue weighted by Crippen LogP contribution is -2.59. The number of hydrogen-bond donors (Lipinski definition) is 2. The van der Waals surface area contributed by atoms with Gasteiger partial charge in [0.2, 0.25) is 5.54 Å². The SMILES string of the molecule is CC(C)(C)[Si](C)(C)OCc1ccc2c(c1)NC(=S)N[C@]2(C#CC1CC1)C(F)(F)F. The highest BCUT2D eigenvalue weighted by atomic mass is 32.1. The quantitative estimate of drug-likeness (QED) is 0.360. The number of alkyl halides is 3. The number of thiocarbonyl (C=S) groups is 1. The number of hydrogen-bond acceptors (Lipinski definition) is 2. The van der Waals surface area contributed by atoms with Crippen LogP contribution >= 0.6 is 12.2 Å². The van der Waals surface area contributed by atoms with Crippen molar-refractivity contribution in [3.8, 4) is 11.8 Å². The van der Waals surface area contributed by atoms with E-state index in [1.54, 1.807) is 12.1 Å². The molecule has 3 rings (SSSR count). The third-order valence-corrected chi connectivity index (χ3v) is 10.6. The largest absolute Gasteiger partial charge is 0.427 e. The smallest absolute Gasteiger partial charge is 0.413 e. The molecule has 0 unspecified atom stereocenters. The second-order valence-electron chi connectivity index (χ2n) is 9.30. The molecule has 1 fully saturated rings. The standard InChI is InChI=1S/C21H27F3N2OSSi/c1-19(2,3)29(4,5)27-13-15-8-9-16-17(12-15)25-18(28)26-20(16,21(22,23)24)11-10-14-6-7-14/h8-9,12,14H,6-7,13H2,1-5H3,(H2,25,26,28)/t20-/m0/s1. The van der Waals surface area contributed by atoms with Crippen molar-refractivity contribution in [2.24, 2.45) is 5.92 Å². The monoisotopic (exact) mass is 440 g/mol. The second-order valence-corrected chi connectivity index (χ2v) is 14.5. The molecule has 0 aromatic heterocycles. The van der Waals surface area contributed by atoms with Gasteiger partial charge >= 0.3 is 6.18 Å². The lowest BCUT2D eigenvalue weighted by Gasteiger charge is -2.39. The average Bonchev–Trinajstić information content (AvgIpc) is 3.39. The van der Waals surface area contributed by atoms with E-state index in [1.165, 1.54) is 6.07 Å². The Morgan fingerprint density at radius 2 is 1.90 bits per heavy atom. The van der Waals surface area contributed by atoms with Crippen molar-refractivity contribution in [1.82, 2.24) is 5.32 Å². The number of benzene rings is 1. The normalized spacial score (nSPS) is 22.1. The molecule has 0 bridgehead atoms. The Bertz CT molecular complexity index is 879. The zero-order valence-electron chi connectivity index (χ0n) is 17.4. The van der Waals surface area contributed by atoms with Crippen LogP contribution in [0.4, 0.5) is 18.9 Å².